The number of benzene rings is 1. The summed E-state index contributed by atoms with van der Waals surface area (Å²) in [4.78, 5) is 2.08. The van der Waals surface area contributed by atoms with Gasteiger partial charge in [-0.2, -0.15) is 0 Å². The highest BCUT2D eigenvalue weighted by Gasteiger charge is 2.08. The number of hydrogen-bond acceptors (Lipinski definition) is 1. The molecule has 1 radical (unpaired) electrons. The van der Waals surface area contributed by atoms with Crippen LogP contribution in [0.15, 0.2) is 18.2 Å². The molecule has 0 amide bonds. The zero-order chi connectivity index (χ0) is 10.4. The molecular weight excluding hydrogens is 177 g/mol. The van der Waals surface area contributed by atoms with Crippen molar-refractivity contribution in [2.24, 2.45) is 0 Å². The fourth-order valence-corrected chi connectivity index (χ4v) is 1.54. The second-order valence-electron chi connectivity index (χ2n) is 3.36. The van der Waals surface area contributed by atoms with Crippen molar-refractivity contribution in [1.29, 1.82) is 0 Å². The van der Waals surface area contributed by atoms with Gasteiger partial charge in [-0.1, -0.05) is 26.0 Å². The Morgan fingerprint density at radius 2 is 1.93 bits per heavy atom. The number of anilines is 1. The van der Waals surface area contributed by atoms with Crippen LogP contribution in [0.1, 0.15) is 26.7 Å². The maximum atomic E-state index is 13.4. The van der Waals surface area contributed by atoms with Gasteiger partial charge in [0.05, 0.1) is 5.69 Å². The largest absolute Gasteiger partial charge is 0.369 e. The van der Waals surface area contributed by atoms with Crippen molar-refractivity contribution in [2.45, 2.75) is 26.7 Å². The van der Waals surface area contributed by atoms with E-state index in [1.54, 1.807) is 6.07 Å². The normalized spacial score (nSPS) is 10.2. The Kier molecular flexibility index (Phi) is 4.44. The zero-order valence-corrected chi connectivity index (χ0v) is 8.89. The van der Waals surface area contributed by atoms with E-state index in [-0.39, 0.29) is 5.82 Å². The Balaban J connectivity index is 2.81. The molecule has 0 spiro atoms. The lowest BCUT2D eigenvalue weighted by molar-refractivity contribution is 0.611. The molecule has 1 rings (SSSR count). The number of hydrogen-bond donors (Lipinski definition) is 0. The molecule has 1 aromatic carbocycles. The number of nitrogens with zero attached hydrogens (tertiary/aromatic N) is 1. The summed E-state index contributed by atoms with van der Waals surface area (Å²) in [5.41, 5.74) is 0.677. The van der Waals surface area contributed by atoms with Gasteiger partial charge in [0.2, 0.25) is 0 Å². The average molecular weight is 194 g/mol. The topological polar surface area (TPSA) is 3.24 Å². The lowest BCUT2D eigenvalue weighted by Gasteiger charge is -2.23. The summed E-state index contributed by atoms with van der Waals surface area (Å²) in [7, 11) is 0. The summed E-state index contributed by atoms with van der Waals surface area (Å²) in [6.07, 6.45) is 2.07. The summed E-state index contributed by atoms with van der Waals surface area (Å²) < 4.78 is 13.4. The summed E-state index contributed by atoms with van der Waals surface area (Å²) >= 11 is 0. The van der Waals surface area contributed by atoms with Crippen LogP contribution >= 0.6 is 0 Å². The predicted octanol–water partition coefficient (Wildman–Crippen LogP) is 3.25. The molecule has 1 nitrogen and oxygen atoms in total. The van der Waals surface area contributed by atoms with Gasteiger partial charge in [0.25, 0.3) is 0 Å². The Morgan fingerprint density at radius 1 is 1.29 bits per heavy atom. The molecule has 0 aromatic heterocycles. The second kappa shape index (κ2) is 5.63. The Bertz CT molecular complexity index is 267. The van der Waals surface area contributed by atoms with E-state index in [1.807, 2.05) is 12.1 Å². The van der Waals surface area contributed by atoms with E-state index in [0.29, 0.717) is 5.69 Å². The predicted molar refractivity (Wildman–Crippen MR) is 58.0 cm³/mol. The Morgan fingerprint density at radius 3 is 2.43 bits per heavy atom. The maximum Gasteiger partial charge on any atom is 0.154 e. The molecule has 2 heteroatoms. The molecule has 14 heavy (non-hydrogen) atoms. The average Bonchev–Trinajstić information content (AvgIpc) is 2.18. The van der Waals surface area contributed by atoms with Crippen LogP contribution in [-0.2, 0) is 0 Å². The van der Waals surface area contributed by atoms with E-state index in [4.69, 9.17) is 0 Å². The smallest absolute Gasteiger partial charge is 0.154 e. The molecule has 0 heterocycles. The standard InChI is InChI=1S/C12H17FN/c1-3-9-14(10-4-2)12-8-6-5-7-11(12)13/h5-6,8H,3-4,9-10H2,1-2H3. The van der Waals surface area contributed by atoms with E-state index in [9.17, 15) is 4.39 Å². The number of rotatable bonds is 5. The van der Waals surface area contributed by atoms with E-state index in [1.165, 1.54) is 0 Å². The van der Waals surface area contributed by atoms with Gasteiger partial charge in [-0.25, -0.2) is 4.39 Å². The molecule has 1 aromatic rings. The van der Waals surface area contributed by atoms with Crippen LogP contribution in [0.5, 0.6) is 0 Å². The molecule has 0 bridgehead atoms. The third-order valence-electron chi connectivity index (χ3n) is 2.11. The summed E-state index contributed by atoms with van der Waals surface area (Å²) in [5, 5.41) is 0. The van der Waals surface area contributed by atoms with Crippen molar-refractivity contribution in [1.82, 2.24) is 0 Å². The third kappa shape index (κ3) is 2.72. The molecule has 0 aliphatic heterocycles. The third-order valence-corrected chi connectivity index (χ3v) is 2.11. The van der Waals surface area contributed by atoms with Gasteiger partial charge in [-0.05, 0) is 18.9 Å². The molecule has 0 unspecified atom stereocenters. The molecule has 0 aliphatic rings. The minimum atomic E-state index is -0.241. The first-order chi connectivity index (χ1) is 6.79. The molecule has 0 N–H and O–H groups in total. The highest BCUT2D eigenvalue weighted by molar-refractivity contribution is 5.46. The zero-order valence-electron chi connectivity index (χ0n) is 8.89. The first kappa shape index (κ1) is 11.0. The lowest BCUT2D eigenvalue weighted by Crippen LogP contribution is -2.25. The molecule has 0 atom stereocenters. The van der Waals surface area contributed by atoms with Gasteiger partial charge in [-0.15, -0.1) is 0 Å². The van der Waals surface area contributed by atoms with E-state index < -0.39 is 0 Å². The molecular formula is C12H17FN. The minimum absolute atomic E-state index is 0.241. The van der Waals surface area contributed by atoms with Crippen molar-refractivity contribution in [2.75, 3.05) is 18.0 Å². The molecule has 77 valence electrons. The fraction of sp³-hybridized carbons (Fsp3) is 0.500. The van der Waals surface area contributed by atoms with Gasteiger partial charge >= 0.3 is 0 Å². The summed E-state index contributed by atoms with van der Waals surface area (Å²) in [5.74, 6) is -0.241. The van der Waals surface area contributed by atoms with E-state index in [0.717, 1.165) is 25.9 Å². The van der Waals surface area contributed by atoms with Crippen LogP contribution in [0.2, 0.25) is 0 Å². The van der Waals surface area contributed by atoms with Crippen LogP contribution < -0.4 is 4.90 Å². The highest BCUT2D eigenvalue weighted by Crippen LogP contribution is 2.18. The van der Waals surface area contributed by atoms with Crippen LogP contribution in [0, 0.1) is 11.9 Å². The van der Waals surface area contributed by atoms with Gasteiger partial charge in [0.1, 0.15) is 0 Å². The molecule has 0 fully saturated rings. The van der Waals surface area contributed by atoms with Crippen LogP contribution in [-0.4, -0.2) is 13.1 Å². The first-order valence-electron chi connectivity index (χ1n) is 5.20. The van der Waals surface area contributed by atoms with Crippen LogP contribution in [0.3, 0.4) is 0 Å². The van der Waals surface area contributed by atoms with E-state index in [2.05, 4.69) is 24.8 Å². The summed E-state index contributed by atoms with van der Waals surface area (Å²) in [6, 6.07) is 7.84. The summed E-state index contributed by atoms with van der Waals surface area (Å²) in [6.45, 7) is 6.02. The first-order valence-corrected chi connectivity index (χ1v) is 5.20. The van der Waals surface area contributed by atoms with Gasteiger partial charge in [0, 0.05) is 19.2 Å². The van der Waals surface area contributed by atoms with Crippen molar-refractivity contribution < 1.29 is 4.39 Å². The Labute approximate surface area is 85.5 Å². The minimum Gasteiger partial charge on any atom is -0.369 e. The van der Waals surface area contributed by atoms with Gasteiger partial charge in [0.15, 0.2) is 5.82 Å². The molecule has 0 aliphatic carbocycles. The van der Waals surface area contributed by atoms with Gasteiger partial charge in [-0.3, -0.25) is 0 Å². The van der Waals surface area contributed by atoms with Crippen molar-refractivity contribution in [3.05, 3.63) is 30.1 Å². The van der Waals surface area contributed by atoms with Crippen molar-refractivity contribution >= 4 is 5.69 Å². The Hall–Kier alpha value is -1.05. The fourth-order valence-electron chi connectivity index (χ4n) is 1.54. The SMILES string of the molecule is CCCN(CCC)c1ccc[c]c1F. The van der Waals surface area contributed by atoms with E-state index >= 15 is 0 Å². The maximum absolute atomic E-state index is 13.4. The van der Waals surface area contributed by atoms with Crippen molar-refractivity contribution in [3.63, 3.8) is 0 Å². The lowest BCUT2D eigenvalue weighted by atomic mass is 10.2. The van der Waals surface area contributed by atoms with Crippen molar-refractivity contribution in [3.8, 4) is 0 Å². The van der Waals surface area contributed by atoms with Gasteiger partial charge < -0.3 is 4.90 Å². The molecule has 0 saturated carbocycles. The number of halogens is 1. The molecule has 0 saturated heterocycles. The quantitative estimate of drug-likeness (QED) is 0.695. The second-order valence-corrected chi connectivity index (χ2v) is 3.36. The van der Waals surface area contributed by atoms with Crippen LogP contribution in [0.25, 0.3) is 0 Å². The van der Waals surface area contributed by atoms with Crippen LogP contribution in [0.4, 0.5) is 10.1 Å². The monoisotopic (exact) mass is 194 g/mol. The highest BCUT2D eigenvalue weighted by atomic mass is 19.1.